The lowest BCUT2D eigenvalue weighted by Crippen LogP contribution is -2.40. The van der Waals surface area contributed by atoms with E-state index >= 15 is 0 Å². The van der Waals surface area contributed by atoms with E-state index in [1.165, 1.54) is 5.56 Å². The Morgan fingerprint density at radius 1 is 1.03 bits per heavy atom. The molecule has 0 bridgehead atoms. The molecule has 0 unspecified atom stereocenters. The minimum absolute atomic E-state index is 0.184. The fraction of sp³-hybridized carbons (Fsp3) is 0.231. The van der Waals surface area contributed by atoms with Gasteiger partial charge >= 0.3 is 0 Å². The van der Waals surface area contributed by atoms with Crippen LogP contribution in [-0.4, -0.2) is 35.8 Å². The summed E-state index contributed by atoms with van der Waals surface area (Å²) in [5.74, 6) is 1.91. The van der Waals surface area contributed by atoms with Crippen LogP contribution in [0.4, 0.5) is 0 Å². The van der Waals surface area contributed by atoms with Gasteiger partial charge in [0.1, 0.15) is 5.76 Å². The Hall–Kier alpha value is -3.78. The van der Waals surface area contributed by atoms with Gasteiger partial charge in [0.2, 0.25) is 0 Å². The summed E-state index contributed by atoms with van der Waals surface area (Å²) in [7, 11) is 3.15. The van der Waals surface area contributed by atoms with Gasteiger partial charge < -0.3 is 29.1 Å². The van der Waals surface area contributed by atoms with Crippen molar-refractivity contribution < 1.29 is 13.9 Å². The Morgan fingerprint density at radius 2 is 1.79 bits per heavy atom. The van der Waals surface area contributed by atoms with Crippen molar-refractivity contribution in [1.82, 2.24) is 15.2 Å². The van der Waals surface area contributed by atoms with Gasteiger partial charge in [0.15, 0.2) is 16.6 Å². The molecule has 0 aliphatic rings. The SMILES string of the molecule is COc1cc2cc(CN(Cc3ccco3)C(=S)NCCc3ccccc3)c(=O)[nH]c2cc1OC. The molecule has 2 aromatic heterocycles. The van der Waals surface area contributed by atoms with E-state index in [4.69, 9.17) is 26.1 Å². The van der Waals surface area contributed by atoms with Crippen LogP contribution in [0.1, 0.15) is 16.9 Å². The molecule has 7 nitrogen and oxygen atoms in total. The molecular formula is C26H27N3O4S. The summed E-state index contributed by atoms with van der Waals surface area (Å²) >= 11 is 5.70. The summed E-state index contributed by atoms with van der Waals surface area (Å²) in [6.45, 7) is 1.44. The summed E-state index contributed by atoms with van der Waals surface area (Å²) in [5, 5.41) is 4.72. The van der Waals surface area contributed by atoms with Crippen molar-refractivity contribution in [2.45, 2.75) is 19.5 Å². The number of aromatic nitrogens is 1. The van der Waals surface area contributed by atoms with E-state index in [1.807, 2.05) is 47.4 Å². The van der Waals surface area contributed by atoms with Crippen LogP contribution in [0.3, 0.4) is 0 Å². The number of fused-ring (bicyclic) bond motifs is 1. The second kappa shape index (κ2) is 10.9. The number of nitrogens with one attached hydrogen (secondary N) is 2. The molecule has 2 aromatic carbocycles. The average Bonchev–Trinajstić information content (AvgIpc) is 3.37. The zero-order valence-electron chi connectivity index (χ0n) is 19.2. The lowest BCUT2D eigenvalue weighted by Gasteiger charge is -2.25. The molecule has 0 aliphatic carbocycles. The number of furan rings is 1. The molecule has 34 heavy (non-hydrogen) atoms. The van der Waals surface area contributed by atoms with Crippen LogP contribution in [0, 0.1) is 0 Å². The number of thiocarbonyl (C=S) groups is 1. The predicted molar refractivity (Wildman–Crippen MR) is 136 cm³/mol. The van der Waals surface area contributed by atoms with Gasteiger partial charge in [-0.15, -0.1) is 0 Å². The van der Waals surface area contributed by atoms with Crippen LogP contribution >= 0.6 is 12.2 Å². The largest absolute Gasteiger partial charge is 0.493 e. The molecule has 0 atom stereocenters. The number of pyridine rings is 1. The van der Waals surface area contributed by atoms with E-state index in [0.29, 0.717) is 47.3 Å². The number of methoxy groups -OCH3 is 2. The number of H-pyrrole nitrogens is 1. The van der Waals surface area contributed by atoms with E-state index in [1.54, 1.807) is 26.5 Å². The first-order chi connectivity index (χ1) is 16.6. The first-order valence-electron chi connectivity index (χ1n) is 10.9. The number of nitrogens with zero attached hydrogens (tertiary/aromatic N) is 1. The molecule has 2 heterocycles. The Kier molecular flexibility index (Phi) is 7.49. The van der Waals surface area contributed by atoms with Gasteiger partial charge in [-0.1, -0.05) is 30.3 Å². The van der Waals surface area contributed by atoms with Gasteiger partial charge in [-0.05, 0) is 48.5 Å². The summed E-state index contributed by atoms with van der Waals surface area (Å²) < 4.78 is 16.3. The normalized spacial score (nSPS) is 10.8. The van der Waals surface area contributed by atoms with Gasteiger partial charge in [0.25, 0.3) is 5.56 Å². The van der Waals surface area contributed by atoms with Gasteiger partial charge in [0, 0.05) is 23.6 Å². The van der Waals surface area contributed by atoms with E-state index in [2.05, 4.69) is 22.4 Å². The fourth-order valence-corrected chi connectivity index (χ4v) is 3.99. The number of hydrogen-bond donors (Lipinski definition) is 2. The van der Waals surface area contributed by atoms with Crippen LogP contribution in [-0.2, 0) is 19.5 Å². The molecule has 4 aromatic rings. The highest BCUT2D eigenvalue weighted by atomic mass is 32.1. The monoisotopic (exact) mass is 477 g/mol. The Labute approximate surface area is 203 Å². The van der Waals surface area contributed by atoms with Crippen molar-refractivity contribution in [3.8, 4) is 11.5 Å². The van der Waals surface area contributed by atoms with Crippen molar-refractivity contribution in [3.63, 3.8) is 0 Å². The van der Waals surface area contributed by atoms with Crippen LogP contribution in [0.5, 0.6) is 11.5 Å². The molecular weight excluding hydrogens is 450 g/mol. The molecule has 0 saturated carbocycles. The molecule has 0 fully saturated rings. The van der Waals surface area contributed by atoms with Gasteiger partial charge in [0.05, 0.1) is 39.1 Å². The third-order valence-corrected chi connectivity index (χ3v) is 5.94. The number of rotatable bonds is 9. The van der Waals surface area contributed by atoms with Crippen molar-refractivity contribution in [2.24, 2.45) is 0 Å². The zero-order chi connectivity index (χ0) is 23.9. The molecule has 0 saturated heterocycles. The molecule has 0 radical (unpaired) electrons. The van der Waals surface area contributed by atoms with E-state index < -0.39 is 0 Å². The van der Waals surface area contributed by atoms with Crippen LogP contribution in [0.15, 0.2) is 76.1 Å². The van der Waals surface area contributed by atoms with Gasteiger partial charge in [-0.25, -0.2) is 0 Å². The van der Waals surface area contributed by atoms with Gasteiger partial charge in [-0.3, -0.25) is 4.79 Å². The second-order valence-corrected chi connectivity index (χ2v) is 8.21. The summed E-state index contributed by atoms with van der Waals surface area (Å²) in [6.07, 6.45) is 2.47. The highest BCUT2D eigenvalue weighted by Crippen LogP contribution is 2.31. The standard InChI is InChI=1S/C26H27N3O4S/c1-31-23-14-19-13-20(25(30)28-22(19)15-24(23)32-2)16-29(17-21-9-6-12-33-21)26(34)27-11-10-18-7-4-3-5-8-18/h3-9,12-15H,10-11,16-17H2,1-2H3,(H,27,34)(H,28,30). The Balaban J connectivity index is 1.55. The minimum atomic E-state index is -0.184. The minimum Gasteiger partial charge on any atom is -0.493 e. The summed E-state index contributed by atoms with van der Waals surface area (Å²) in [4.78, 5) is 17.8. The average molecular weight is 478 g/mol. The lowest BCUT2D eigenvalue weighted by atomic mass is 10.1. The quantitative estimate of drug-likeness (QED) is 0.349. The lowest BCUT2D eigenvalue weighted by molar-refractivity contribution is 0.350. The third-order valence-electron chi connectivity index (χ3n) is 5.53. The summed E-state index contributed by atoms with van der Waals surface area (Å²) in [6, 6.07) is 19.4. The first kappa shape index (κ1) is 23.4. The second-order valence-electron chi connectivity index (χ2n) is 7.82. The summed E-state index contributed by atoms with van der Waals surface area (Å²) in [5.41, 5.74) is 2.30. The maximum atomic E-state index is 12.9. The Bertz CT molecular complexity index is 1300. The van der Waals surface area contributed by atoms with E-state index in [9.17, 15) is 4.79 Å². The van der Waals surface area contributed by atoms with Crippen molar-refractivity contribution in [1.29, 1.82) is 0 Å². The molecule has 2 N–H and O–H groups in total. The van der Waals surface area contributed by atoms with E-state index in [0.717, 1.165) is 17.6 Å². The fourth-order valence-electron chi connectivity index (χ4n) is 3.76. The molecule has 176 valence electrons. The third kappa shape index (κ3) is 5.58. The van der Waals surface area contributed by atoms with Crippen molar-refractivity contribution in [2.75, 3.05) is 20.8 Å². The van der Waals surface area contributed by atoms with Crippen LogP contribution in [0.25, 0.3) is 10.9 Å². The Morgan fingerprint density at radius 3 is 2.50 bits per heavy atom. The number of aromatic amines is 1. The maximum absolute atomic E-state index is 12.9. The topological polar surface area (TPSA) is 79.7 Å². The zero-order valence-corrected chi connectivity index (χ0v) is 20.0. The van der Waals surface area contributed by atoms with Crippen molar-refractivity contribution in [3.05, 3.63) is 94.2 Å². The molecule has 4 rings (SSSR count). The highest BCUT2D eigenvalue weighted by molar-refractivity contribution is 7.80. The van der Waals surface area contributed by atoms with Gasteiger partial charge in [-0.2, -0.15) is 0 Å². The molecule has 0 spiro atoms. The molecule has 8 heteroatoms. The molecule has 0 aliphatic heterocycles. The number of hydrogen-bond acceptors (Lipinski definition) is 5. The first-order valence-corrected chi connectivity index (χ1v) is 11.3. The van der Waals surface area contributed by atoms with Crippen LogP contribution in [0.2, 0.25) is 0 Å². The number of benzene rings is 2. The smallest absolute Gasteiger partial charge is 0.253 e. The maximum Gasteiger partial charge on any atom is 0.253 e. The molecule has 0 amide bonds. The predicted octanol–water partition coefficient (Wildman–Crippen LogP) is 4.26. The number of ether oxygens (including phenoxy) is 2. The van der Waals surface area contributed by atoms with Crippen molar-refractivity contribution >= 4 is 28.2 Å². The van der Waals surface area contributed by atoms with E-state index in [-0.39, 0.29) is 5.56 Å². The highest BCUT2D eigenvalue weighted by Gasteiger charge is 2.16. The van der Waals surface area contributed by atoms with Crippen LogP contribution < -0.4 is 20.3 Å².